The predicted molar refractivity (Wildman–Crippen MR) is 163 cm³/mol. The summed E-state index contributed by atoms with van der Waals surface area (Å²) in [5.74, 6) is -0.0179. The highest BCUT2D eigenvalue weighted by Gasteiger charge is 2.35. The molecule has 6 rings (SSSR count). The quantitative estimate of drug-likeness (QED) is 0.165. The third-order valence-corrected chi connectivity index (χ3v) is 9.72. The van der Waals surface area contributed by atoms with Gasteiger partial charge in [-0.25, -0.2) is 19.8 Å². The molecular weight excluding hydrogens is 644 g/mol. The minimum atomic E-state index is -0.685. The molecule has 1 aliphatic heterocycles. The van der Waals surface area contributed by atoms with Crippen LogP contribution >= 0.6 is 50.4 Å². The SMILES string of the molecule is CCOC(=O)C1=C(c2ccccc2)N=c2s/c(=C/c3cc(Br)c(Sc4nccc(C)n4)o3)c(=O)n2[C@H]1c1cccs1. The molecule has 0 radical (unpaired) electrons. The average molecular weight is 666 g/mol. The second-order valence-electron chi connectivity index (χ2n) is 8.81. The summed E-state index contributed by atoms with van der Waals surface area (Å²) in [7, 11) is 0. The highest BCUT2D eigenvalue weighted by Crippen LogP contribution is 2.37. The molecule has 8 nitrogen and oxygen atoms in total. The first-order valence-corrected chi connectivity index (χ1v) is 15.8. The number of carbonyl (C=O) groups is 1. The van der Waals surface area contributed by atoms with E-state index in [9.17, 15) is 9.59 Å². The Kier molecular flexibility index (Phi) is 7.89. The average Bonchev–Trinajstić information content (AvgIpc) is 3.69. The van der Waals surface area contributed by atoms with E-state index < -0.39 is 12.0 Å². The van der Waals surface area contributed by atoms with Crippen LogP contribution in [0.3, 0.4) is 0 Å². The number of thiophene rings is 1. The fourth-order valence-electron chi connectivity index (χ4n) is 4.35. The summed E-state index contributed by atoms with van der Waals surface area (Å²) in [4.78, 5) is 42.2. The molecule has 0 fully saturated rings. The molecule has 0 saturated carbocycles. The molecule has 0 aliphatic carbocycles. The van der Waals surface area contributed by atoms with Crippen LogP contribution in [-0.2, 0) is 9.53 Å². The summed E-state index contributed by atoms with van der Waals surface area (Å²) in [5.41, 5.74) is 2.17. The number of furan rings is 1. The van der Waals surface area contributed by atoms with E-state index in [1.165, 1.54) is 34.4 Å². The first kappa shape index (κ1) is 27.6. The summed E-state index contributed by atoms with van der Waals surface area (Å²) in [6, 6.07) is 16.2. The third kappa shape index (κ3) is 5.52. The van der Waals surface area contributed by atoms with E-state index in [4.69, 9.17) is 14.1 Å². The van der Waals surface area contributed by atoms with Crippen LogP contribution in [0.4, 0.5) is 0 Å². The molecule has 206 valence electrons. The van der Waals surface area contributed by atoms with Gasteiger partial charge >= 0.3 is 5.97 Å². The lowest BCUT2D eigenvalue weighted by atomic mass is 9.97. The van der Waals surface area contributed by atoms with Gasteiger partial charge < -0.3 is 9.15 Å². The predicted octanol–water partition coefficient (Wildman–Crippen LogP) is 5.60. The Balaban J connectivity index is 1.50. The number of rotatable bonds is 7. The first-order chi connectivity index (χ1) is 19.9. The molecule has 0 unspecified atom stereocenters. The number of halogens is 1. The molecule has 0 amide bonds. The van der Waals surface area contributed by atoms with Crippen LogP contribution in [0.25, 0.3) is 11.8 Å². The van der Waals surface area contributed by atoms with Crippen molar-refractivity contribution in [3.63, 3.8) is 0 Å². The lowest BCUT2D eigenvalue weighted by Crippen LogP contribution is -2.39. The zero-order valence-electron chi connectivity index (χ0n) is 21.7. The standard InChI is InChI=1S/C29H21BrN4O4S3/c1-3-37-26(36)22-23(17-8-5-4-6-9-17)33-29-34(24(22)20-10-7-13-39-20)25(35)21(40-29)15-18-14-19(30)27(38-18)41-28-31-12-11-16(2)32-28/h4-15,24H,3H2,1-2H3/b21-15+/t24-/m0/s1. The van der Waals surface area contributed by atoms with Gasteiger partial charge in [0.25, 0.3) is 5.56 Å². The maximum atomic E-state index is 13.9. The smallest absolute Gasteiger partial charge is 0.338 e. The number of hydrogen-bond donors (Lipinski definition) is 0. The van der Waals surface area contributed by atoms with E-state index in [0.717, 1.165) is 20.6 Å². The van der Waals surface area contributed by atoms with Gasteiger partial charge in [-0.1, -0.05) is 47.7 Å². The number of nitrogens with zero attached hydrogens (tertiary/aromatic N) is 4. The molecule has 0 saturated heterocycles. The van der Waals surface area contributed by atoms with Gasteiger partial charge in [-0.15, -0.1) is 11.3 Å². The molecule has 4 aromatic heterocycles. The van der Waals surface area contributed by atoms with Crippen molar-refractivity contribution < 1.29 is 13.9 Å². The third-order valence-electron chi connectivity index (χ3n) is 6.09. The fraction of sp³-hybridized carbons (Fsp3) is 0.138. The van der Waals surface area contributed by atoms with E-state index in [2.05, 4.69) is 25.9 Å². The molecule has 0 spiro atoms. The summed E-state index contributed by atoms with van der Waals surface area (Å²) in [6.07, 6.45) is 3.39. The Hall–Kier alpha value is -3.58. The van der Waals surface area contributed by atoms with Crippen LogP contribution in [0.1, 0.15) is 34.9 Å². The van der Waals surface area contributed by atoms with Gasteiger partial charge in [-0.3, -0.25) is 9.36 Å². The number of hydrogen-bond acceptors (Lipinski definition) is 10. The Bertz CT molecular complexity index is 1960. The number of fused-ring (bicyclic) bond motifs is 1. The van der Waals surface area contributed by atoms with Crippen molar-refractivity contribution in [3.05, 3.63) is 118 Å². The molecular formula is C29H21BrN4O4S3. The van der Waals surface area contributed by atoms with Crippen LogP contribution in [-0.4, -0.2) is 27.1 Å². The highest BCUT2D eigenvalue weighted by molar-refractivity contribution is 9.10. The lowest BCUT2D eigenvalue weighted by Gasteiger charge is -2.24. The Morgan fingerprint density at radius 3 is 2.78 bits per heavy atom. The van der Waals surface area contributed by atoms with Crippen molar-refractivity contribution in [3.8, 4) is 0 Å². The van der Waals surface area contributed by atoms with Gasteiger partial charge in [-0.05, 0) is 65.1 Å². The fourth-order valence-corrected chi connectivity index (χ4v) is 7.47. The second-order valence-corrected chi connectivity index (χ2v) is 12.6. The molecule has 0 bridgehead atoms. The van der Waals surface area contributed by atoms with Gasteiger partial charge in [0.1, 0.15) is 11.8 Å². The zero-order chi connectivity index (χ0) is 28.5. The topological polar surface area (TPSA) is 99.6 Å². The normalized spacial score (nSPS) is 15.1. The molecule has 1 atom stereocenters. The summed E-state index contributed by atoms with van der Waals surface area (Å²) in [6.45, 7) is 3.86. The van der Waals surface area contributed by atoms with E-state index in [1.807, 2.05) is 60.8 Å². The van der Waals surface area contributed by atoms with Gasteiger partial charge in [0.05, 0.1) is 26.9 Å². The highest BCUT2D eigenvalue weighted by atomic mass is 79.9. The maximum Gasteiger partial charge on any atom is 0.338 e. The monoisotopic (exact) mass is 664 g/mol. The van der Waals surface area contributed by atoms with Crippen LogP contribution in [0.2, 0.25) is 0 Å². The van der Waals surface area contributed by atoms with E-state index in [1.54, 1.807) is 29.8 Å². The number of carbonyl (C=O) groups excluding carboxylic acids is 1. The van der Waals surface area contributed by atoms with Crippen molar-refractivity contribution in [2.24, 2.45) is 4.99 Å². The second kappa shape index (κ2) is 11.7. The van der Waals surface area contributed by atoms with Crippen molar-refractivity contribution in [1.29, 1.82) is 0 Å². The van der Waals surface area contributed by atoms with Crippen molar-refractivity contribution in [2.75, 3.05) is 6.61 Å². The van der Waals surface area contributed by atoms with Gasteiger partial charge in [-0.2, -0.15) is 0 Å². The van der Waals surface area contributed by atoms with Gasteiger partial charge in [0.15, 0.2) is 15.1 Å². The molecule has 5 aromatic rings. The Morgan fingerprint density at radius 1 is 1.22 bits per heavy atom. The first-order valence-electron chi connectivity index (χ1n) is 12.5. The lowest BCUT2D eigenvalue weighted by molar-refractivity contribution is -0.138. The van der Waals surface area contributed by atoms with Crippen molar-refractivity contribution in [1.82, 2.24) is 14.5 Å². The number of esters is 1. The Morgan fingerprint density at radius 2 is 2.05 bits per heavy atom. The minimum absolute atomic E-state index is 0.202. The van der Waals surface area contributed by atoms with Crippen LogP contribution in [0.15, 0.2) is 101 Å². The van der Waals surface area contributed by atoms with E-state index in [-0.39, 0.29) is 12.2 Å². The van der Waals surface area contributed by atoms with Crippen LogP contribution in [0, 0.1) is 6.92 Å². The minimum Gasteiger partial charge on any atom is -0.463 e. The Labute approximate surface area is 254 Å². The zero-order valence-corrected chi connectivity index (χ0v) is 25.8. The van der Waals surface area contributed by atoms with E-state index in [0.29, 0.717) is 36.6 Å². The van der Waals surface area contributed by atoms with Gasteiger partial charge in [0, 0.05) is 28.4 Å². The van der Waals surface area contributed by atoms with Crippen molar-refractivity contribution in [2.45, 2.75) is 30.1 Å². The summed E-state index contributed by atoms with van der Waals surface area (Å²) < 4.78 is 14.3. The van der Waals surface area contributed by atoms with E-state index >= 15 is 0 Å². The summed E-state index contributed by atoms with van der Waals surface area (Å²) in [5, 5.41) is 3.05. The maximum absolute atomic E-state index is 13.9. The number of aryl methyl sites for hydroxylation is 1. The molecule has 0 N–H and O–H groups in total. The number of aromatic nitrogens is 3. The number of ether oxygens (including phenoxy) is 1. The van der Waals surface area contributed by atoms with Crippen LogP contribution in [0.5, 0.6) is 0 Å². The molecule has 41 heavy (non-hydrogen) atoms. The molecule has 12 heteroatoms. The molecule has 1 aromatic carbocycles. The summed E-state index contributed by atoms with van der Waals surface area (Å²) >= 11 is 7.54. The van der Waals surface area contributed by atoms with Crippen molar-refractivity contribution >= 4 is 68.1 Å². The largest absolute Gasteiger partial charge is 0.463 e. The number of thiazole rings is 1. The van der Waals surface area contributed by atoms with Gasteiger partial charge in [0.2, 0.25) is 0 Å². The van der Waals surface area contributed by atoms with Crippen LogP contribution < -0.4 is 14.9 Å². The number of benzene rings is 1. The molecule has 1 aliphatic rings. The molecule has 5 heterocycles.